The largest absolute Gasteiger partial charge is 0.465 e. The van der Waals surface area contributed by atoms with Gasteiger partial charge in [0.2, 0.25) is 0 Å². The summed E-state index contributed by atoms with van der Waals surface area (Å²) in [7, 11) is 2.36. The molecule has 1 amide bonds. The molecule has 2 aromatic rings. The molecule has 2 aromatic heterocycles. The topological polar surface area (TPSA) is 141 Å². The first kappa shape index (κ1) is 23.8. The Labute approximate surface area is 181 Å². The van der Waals surface area contributed by atoms with E-state index in [0.29, 0.717) is 22.4 Å². The van der Waals surface area contributed by atoms with Gasteiger partial charge in [-0.15, -0.1) is 11.3 Å². The van der Waals surface area contributed by atoms with Gasteiger partial charge < -0.3 is 24.5 Å². The number of hydrogen-bond donors (Lipinski definition) is 2. The van der Waals surface area contributed by atoms with Crippen LogP contribution < -0.4 is 5.32 Å². The summed E-state index contributed by atoms with van der Waals surface area (Å²) in [4.78, 5) is 63.3. The molecule has 0 aliphatic carbocycles. The lowest BCUT2D eigenvalue weighted by Gasteiger charge is -2.07. The van der Waals surface area contributed by atoms with Gasteiger partial charge in [0.1, 0.15) is 15.6 Å². The fraction of sp³-hybridized carbons (Fsp3) is 0.350. The molecule has 0 aliphatic heterocycles. The van der Waals surface area contributed by atoms with E-state index in [-0.39, 0.29) is 26.9 Å². The molecule has 166 valence electrons. The van der Waals surface area contributed by atoms with Gasteiger partial charge in [-0.2, -0.15) is 0 Å². The van der Waals surface area contributed by atoms with Crippen LogP contribution in [0.1, 0.15) is 64.6 Å². The van der Waals surface area contributed by atoms with Gasteiger partial charge in [-0.05, 0) is 38.8 Å². The molecule has 31 heavy (non-hydrogen) atoms. The third-order valence-corrected chi connectivity index (χ3v) is 5.68. The van der Waals surface area contributed by atoms with Gasteiger partial charge in [-0.25, -0.2) is 14.4 Å². The van der Waals surface area contributed by atoms with E-state index in [1.807, 2.05) is 0 Å². The third-order valence-electron chi connectivity index (χ3n) is 4.49. The zero-order chi connectivity index (χ0) is 23.5. The van der Waals surface area contributed by atoms with Crippen molar-refractivity contribution in [3.8, 4) is 0 Å². The van der Waals surface area contributed by atoms with E-state index in [9.17, 15) is 24.0 Å². The fourth-order valence-electron chi connectivity index (χ4n) is 3.08. The number of H-pyrrole nitrogens is 1. The molecule has 0 atom stereocenters. The smallest absolute Gasteiger partial charge is 0.355 e. The minimum Gasteiger partial charge on any atom is -0.465 e. The maximum atomic E-state index is 12.3. The summed E-state index contributed by atoms with van der Waals surface area (Å²) in [6.07, 6.45) is 0. The first-order valence-corrected chi connectivity index (χ1v) is 9.82. The average Bonchev–Trinajstić information content (AvgIpc) is 3.20. The molecule has 0 aromatic carbocycles. The number of thiophene rings is 1. The second-order valence-corrected chi connectivity index (χ2v) is 7.57. The molecule has 0 aliphatic rings. The van der Waals surface area contributed by atoms with Crippen LogP contribution in [0.25, 0.3) is 0 Å². The van der Waals surface area contributed by atoms with E-state index in [2.05, 4.69) is 15.0 Å². The quantitative estimate of drug-likeness (QED) is 0.372. The number of nitrogens with one attached hydrogen (secondary N) is 2. The number of aromatic amines is 1. The zero-order valence-electron chi connectivity index (χ0n) is 17.9. The number of anilines is 1. The number of esters is 3. The van der Waals surface area contributed by atoms with E-state index in [1.165, 1.54) is 28.1 Å². The van der Waals surface area contributed by atoms with Crippen LogP contribution in [0.2, 0.25) is 0 Å². The summed E-state index contributed by atoms with van der Waals surface area (Å²) >= 11 is 0.841. The number of aromatic nitrogens is 1. The summed E-state index contributed by atoms with van der Waals surface area (Å²) in [6.45, 7) is 5.50. The van der Waals surface area contributed by atoms with Crippen LogP contribution in [0.4, 0.5) is 5.00 Å². The Morgan fingerprint density at radius 2 is 1.52 bits per heavy atom. The second kappa shape index (κ2) is 9.56. The molecule has 0 fully saturated rings. The van der Waals surface area contributed by atoms with E-state index in [0.717, 1.165) is 11.3 Å². The Hall–Kier alpha value is -3.47. The summed E-state index contributed by atoms with van der Waals surface area (Å²) in [5.41, 5.74) is 1.72. The minimum absolute atomic E-state index is 0.00881. The average molecular weight is 450 g/mol. The lowest BCUT2D eigenvalue weighted by atomic mass is 10.1. The van der Waals surface area contributed by atoms with Crippen LogP contribution in [0.5, 0.6) is 0 Å². The summed E-state index contributed by atoms with van der Waals surface area (Å²) < 4.78 is 14.4. The van der Waals surface area contributed by atoms with Crippen molar-refractivity contribution in [1.82, 2.24) is 4.98 Å². The second-order valence-electron chi connectivity index (χ2n) is 6.55. The maximum Gasteiger partial charge on any atom is 0.355 e. The van der Waals surface area contributed by atoms with Gasteiger partial charge in [0.25, 0.3) is 5.91 Å². The van der Waals surface area contributed by atoms with Crippen LogP contribution in [-0.4, -0.2) is 55.4 Å². The molecule has 0 radical (unpaired) electrons. The monoisotopic (exact) mass is 450 g/mol. The summed E-state index contributed by atoms with van der Waals surface area (Å²) in [5, 5.41) is 2.52. The highest BCUT2D eigenvalue weighted by atomic mass is 32.1. The van der Waals surface area contributed by atoms with Crippen molar-refractivity contribution >= 4 is 45.9 Å². The SMILES string of the molecule is COC(=O)c1sc(NC(=O)COC(=O)c2[nH]c(C)c(C(C)=O)c2C)c(C(=O)OC)c1C. The Morgan fingerprint density at radius 1 is 0.903 bits per heavy atom. The molecular formula is C20H22N2O8S. The lowest BCUT2D eigenvalue weighted by Crippen LogP contribution is -2.22. The number of amides is 1. The van der Waals surface area contributed by atoms with Gasteiger partial charge in [0.15, 0.2) is 12.4 Å². The molecule has 0 saturated carbocycles. The summed E-state index contributed by atoms with van der Waals surface area (Å²) in [6, 6.07) is 0. The van der Waals surface area contributed by atoms with Crippen LogP contribution in [0, 0.1) is 20.8 Å². The van der Waals surface area contributed by atoms with Gasteiger partial charge >= 0.3 is 17.9 Å². The highest BCUT2D eigenvalue weighted by Gasteiger charge is 2.27. The van der Waals surface area contributed by atoms with Crippen molar-refractivity contribution < 1.29 is 38.2 Å². The van der Waals surface area contributed by atoms with E-state index in [4.69, 9.17) is 9.47 Å². The normalized spacial score (nSPS) is 10.4. The molecule has 11 heteroatoms. The Bertz CT molecular complexity index is 1080. The first-order valence-electron chi connectivity index (χ1n) is 9.00. The molecule has 0 saturated heterocycles. The number of rotatable bonds is 7. The molecule has 0 spiro atoms. The lowest BCUT2D eigenvalue weighted by molar-refractivity contribution is -0.119. The van der Waals surface area contributed by atoms with Crippen molar-refractivity contribution in [3.05, 3.63) is 38.5 Å². The van der Waals surface area contributed by atoms with Gasteiger partial charge in [0, 0.05) is 11.3 Å². The molecular weight excluding hydrogens is 428 g/mol. The van der Waals surface area contributed by atoms with Crippen LogP contribution in [0.15, 0.2) is 0 Å². The Balaban J connectivity index is 2.17. The first-order chi connectivity index (χ1) is 14.5. The zero-order valence-corrected chi connectivity index (χ0v) is 18.7. The number of methoxy groups -OCH3 is 2. The van der Waals surface area contributed by atoms with Crippen LogP contribution in [0.3, 0.4) is 0 Å². The van der Waals surface area contributed by atoms with Crippen molar-refractivity contribution in [2.24, 2.45) is 0 Å². The predicted molar refractivity (Wildman–Crippen MR) is 111 cm³/mol. The molecule has 2 N–H and O–H groups in total. The Kier molecular flexibility index (Phi) is 7.34. The van der Waals surface area contributed by atoms with Crippen molar-refractivity contribution in [2.75, 3.05) is 26.1 Å². The van der Waals surface area contributed by atoms with Crippen LogP contribution in [-0.2, 0) is 19.0 Å². The summed E-state index contributed by atoms with van der Waals surface area (Å²) in [5.74, 6) is -3.16. The van der Waals surface area contributed by atoms with Crippen molar-refractivity contribution in [2.45, 2.75) is 27.7 Å². The highest BCUT2D eigenvalue weighted by Crippen LogP contribution is 2.34. The Morgan fingerprint density at radius 3 is 2.03 bits per heavy atom. The number of ether oxygens (including phenoxy) is 3. The van der Waals surface area contributed by atoms with Gasteiger partial charge in [-0.3, -0.25) is 9.59 Å². The number of carbonyl (C=O) groups is 5. The number of Topliss-reactive ketones (excluding diaryl/α,β-unsaturated/α-hetero) is 1. The molecule has 0 bridgehead atoms. The third kappa shape index (κ3) is 4.82. The number of hydrogen-bond acceptors (Lipinski definition) is 9. The standard InChI is InChI=1S/C20H22N2O8S/c1-8-13(11(4)23)10(3)21-15(8)19(26)30-7-12(24)22-17-14(18(25)28-5)9(2)16(31-17)20(27)29-6/h21H,7H2,1-6H3,(H,22,24). The van der Waals surface area contributed by atoms with Gasteiger partial charge in [0.05, 0.1) is 19.8 Å². The van der Waals surface area contributed by atoms with E-state index < -0.39 is 30.4 Å². The van der Waals surface area contributed by atoms with E-state index >= 15 is 0 Å². The van der Waals surface area contributed by atoms with Crippen LogP contribution >= 0.6 is 11.3 Å². The number of aryl methyl sites for hydroxylation is 1. The van der Waals surface area contributed by atoms with E-state index in [1.54, 1.807) is 13.8 Å². The maximum absolute atomic E-state index is 12.3. The highest BCUT2D eigenvalue weighted by molar-refractivity contribution is 7.18. The minimum atomic E-state index is -0.811. The molecule has 2 heterocycles. The number of ketones is 1. The molecule has 2 rings (SSSR count). The van der Waals surface area contributed by atoms with Crippen molar-refractivity contribution in [3.63, 3.8) is 0 Å². The fourth-order valence-corrected chi connectivity index (χ4v) is 4.21. The molecule has 0 unspecified atom stereocenters. The number of carbonyl (C=O) groups excluding carboxylic acids is 5. The van der Waals surface area contributed by atoms with Gasteiger partial charge in [-0.1, -0.05) is 0 Å². The molecule has 10 nitrogen and oxygen atoms in total. The predicted octanol–water partition coefficient (Wildman–Crippen LogP) is 2.57. The van der Waals surface area contributed by atoms with Crippen molar-refractivity contribution in [1.29, 1.82) is 0 Å².